The lowest BCUT2D eigenvalue weighted by atomic mass is 9.90. The van der Waals surface area contributed by atoms with Gasteiger partial charge in [-0.1, -0.05) is 115 Å². The normalized spacial score (nSPS) is 15.5. The van der Waals surface area contributed by atoms with Crippen LogP contribution in [0.2, 0.25) is 0 Å². The molecule has 0 bridgehead atoms. The number of hydrogen-bond acceptors (Lipinski definition) is 2. The van der Waals surface area contributed by atoms with Crippen LogP contribution in [0.5, 0.6) is 0 Å². The molecule has 0 saturated heterocycles. The third-order valence-electron chi connectivity index (χ3n) is 6.93. The monoisotopic (exact) mass is 459 g/mol. The van der Waals surface area contributed by atoms with E-state index in [9.17, 15) is 0 Å². The Balaban J connectivity index is 1.52. The van der Waals surface area contributed by atoms with Crippen molar-refractivity contribution in [2.24, 2.45) is 0 Å². The summed E-state index contributed by atoms with van der Waals surface area (Å²) in [7, 11) is -3.07. The van der Waals surface area contributed by atoms with Crippen LogP contribution < -0.4 is 21.2 Å². The molecule has 0 fully saturated rings. The lowest BCUT2D eigenvalue weighted by Gasteiger charge is -2.32. The molecule has 0 radical (unpaired) electrons. The van der Waals surface area contributed by atoms with Crippen molar-refractivity contribution in [1.29, 1.82) is 0 Å². The van der Waals surface area contributed by atoms with Gasteiger partial charge in [-0.05, 0) is 40.8 Å². The third-order valence-corrected chi connectivity index (χ3v) is 10.0. The molecule has 1 unspecified atom stereocenters. The van der Waals surface area contributed by atoms with Crippen molar-refractivity contribution in [2.75, 3.05) is 5.32 Å². The predicted molar refractivity (Wildman–Crippen MR) is 144 cm³/mol. The summed E-state index contributed by atoms with van der Waals surface area (Å²) in [5.74, 6) is 0. The zero-order valence-corrected chi connectivity index (χ0v) is 19.8. The first-order valence-electron chi connectivity index (χ1n) is 11.8. The Morgan fingerprint density at radius 3 is 2.00 bits per heavy atom. The zero-order chi connectivity index (χ0) is 23.0. The summed E-state index contributed by atoms with van der Waals surface area (Å²) in [6.45, 7) is 0. The molecular weight excluding hydrogens is 433 g/mol. The van der Waals surface area contributed by atoms with Crippen molar-refractivity contribution in [1.82, 2.24) is 0 Å². The van der Waals surface area contributed by atoms with E-state index in [4.69, 9.17) is 0 Å². The van der Waals surface area contributed by atoms with Gasteiger partial charge in [0.1, 0.15) is 0 Å². The van der Waals surface area contributed by atoms with Gasteiger partial charge in [0.15, 0.2) is 7.14 Å². The number of aryl methyl sites for hydroxylation is 1. The maximum absolute atomic E-state index is 15.1. The van der Waals surface area contributed by atoms with E-state index in [1.165, 1.54) is 21.9 Å². The van der Waals surface area contributed by atoms with Crippen molar-refractivity contribution < 1.29 is 4.57 Å². The van der Waals surface area contributed by atoms with Crippen LogP contribution in [0.15, 0.2) is 121 Å². The molecule has 0 saturated carbocycles. The number of anilines is 1. The molecular formula is C31H26NOP. The molecule has 0 spiro atoms. The van der Waals surface area contributed by atoms with Gasteiger partial charge in [0, 0.05) is 21.6 Å². The van der Waals surface area contributed by atoms with E-state index < -0.39 is 7.14 Å². The fraction of sp³-hybridized carbons (Fsp3) is 0.0968. The zero-order valence-electron chi connectivity index (χ0n) is 18.9. The van der Waals surface area contributed by atoms with E-state index in [1.807, 2.05) is 60.7 Å². The molecule has 3 heteroatoms. The van der Waals surface area contributed by atoms with Crippen molar-refractivity contribution in [2.45, 2.75) is 18.9 Å². The first kappa shape index (κ1) is 21.0. The highest BCUT2D eigenvalue weighted by molar-refractivity contribution is 7.85. The number of para-hydroxylation sites is 1. The summed E-state index contributed by atoms with van der Waals surface area (Å²) in [4.78, 5) is 0. The summed E-state index contributed by atoms with van der Waals surface area (Å²) in [6.07, 6.45) is 1.96. The molecule has 1 atom stereocenters. The van der Waals surface area contributed by atoms with Crippen LogP contribution in [0, 0.1) is 0 Å². The van der Waals surface area contributed by atoms with Gasteiger partial charge in [-0.2, -0.15) is 0 Å². The Bertz CT molecular complexity index is 1460. The van der Waals surface area contributed by atoms with Crippen LogP contribution in [-0.4, -0.2) is 0 Å². The van der Waals surface area contributed by atoms with Gasteiger partial charge in [-0.25, -0.2) is 0 Å². The fourth-order valence-corrected chi connectivity index (χ4v) is 8.12. The number of benzene rings is 5. The van der Waals surface area contributed by atoms with Crippen molar-refractivity contribution >= 4 is 39.5 Å². The molecule has 34 heavy (non-hydrogen) atoms. The minimum atomic E-state index is -3.07. The van der Waals surface area contributed by atoms with Crippen LogP contribution in [-0.2, 0) is 11.0 Å². The second-order valence-corrected chi connectivity index (χ2v) is 11.6. The highest BCUT2D eigenvalue weighted by atomic mass is 31.2. The third kappa shape index (κ3) is 3.47. The van der Waals surface area contributed by atoms with E-state index in [-0.39, 0.29) is 6.04 Å². The van der Waals surface area contributed by atoms with Gasteiger partial charge in [-0.3, -0.25) is 0 Å². The Labute approximate surface area is 200 Å². The highest BCUT2D eigenvalue weighted by Gasteiger charge is 2.34. The molecule has 0 aromatic heterocycles. The van der Waals surface area contributed by atoms with Crippen molar-refractivity contribution in [3.05, 3.63) is 132 Å². The van der Waals surface area contributed by atoms with Gasteiger partial charge in [-0.15, -0.1) is 0 Å². The Hall–Kier alpha value is -3.61. The molecule has 6 rings (SSSR count). The SMILES string of the molecule is O=P(c1ccccc1)(c1ccccc1)c1cccc2c1NC(c1cccc3ccccc13)CC2. The Morgan fingerprint density at radius 2 is 1.26 bits per heavy atom. The van der Waals surface area contributed by atoms with Gasteiger partial charge in [0.2, 0.25) is 0 Å². The maximum Gasteiger partial charge on any atom is 0.173 e. The van der Waals surface area contributed by atoms with Crippen molar-refractivity contribution in [3.63, 3.8) is 0 Å². The second kappa shape index (κ2) is 8.63. The molecule has 2 nitrogen and oxygen atoms in total. The molecule has 1 aliphatic heterocycles. The van der Waals surface area contributed by atoms with Gasteiger partial charge < -0.3 is 9.88 Å². The minimum Gasteiger partial charge on any atom is -0.377 e. The van der Waals surface area contributed by atoms with Gasteiger partial charge in [0.05, 0.1) is 6.04 Å². The van der Waals surface area contributed by atoms with Crippen LogP contribution >= 0.6 is 7.14 Å². The minimum absolute atomic E-state index is 0.166. The van der Waals surface area contributed by atoms with E-state index in [0.29, 0.717) is 0 Å². The molecule has 1 aliphatic rings. The van der Waals surface area contributed by atoms with E-state index >= 15 is 4.57 Å². The van der Waals surface area contributed by atoms with Crippen LogP contribution in [0.25, 0.3) is 10.8 Å². The lowest BCUT2D eigenvalue weighted by molar-refractivity contribution is 0.592. The first-order valence-corrected chi connectivity index (χ1v) is 13.5. The molecule has 5 aromatic rings. The maximum atomic E-state index is 15.1. The lowest BCUT2D eigenvalue weighted by Crippen LogP contribution is -2.30. The summed E-state index contributed by atoms with van der Waals surface area (Å²) in [5, 5.41) is 9.00. The molecule has 5 aromatic carbocycles. The van der Waals surface area contributed by atoms with Crippen molar-refractivity contribution in [3.8, 4) is 0 Å². The fourth-order valence-electron chi connectivity index (χ4n) is 5.26. The average Bonchev–Trinajstić information content (AvgIpc) is 2.92. The number of rotatable bonds is 4. The smallest absolute Gasteiger partial charge is 0.173 e. The van der Waals surface area contributed by atoms with E-state index in [0.717, 1.165) is 34.4 Å². The molecule has 1 N–H and O–H groups in total. The quantitative estimate of drug-likeness (QED) is 0.308. The molecule has 166 valence electrons. The number of fused-ring (bicyclic) bond motifs is 2. The summed E-state index contributed by atoms with van der Waals surface area (Å²) < 4.78 is 15.1. The van der Waals surface area contributed by atoms with E-state index in [1.54, 1.807) is 0 Å². The van der Waals surface area contributed by atoms with Crippen LogP contribution in [0.4, 0.5) is 5.69 Å². The van der Waals surface area contributed by atoms with Gasteiger partial charge >= 0.3 is 0 Å². The largest absolute Gasteiger partial charge is 0.377 e. The molecule has 0 aliphatic carbocycles. The topological polar surface area (TPSA) is 29.1 Å². The Morgan fingerprint density at radius 1 is 0.647 bits per heavy atom. The Kier molecular flexibility index (Phi) is 5.32. The highest BCUT2D eigenvalue weighted by Crippen LogP contribution is 2.47. The summed E-state index contributed by atoms with van der Waals surface area (Å²) in [5.41, 5.74) is 3.57. The summed E-state index contributed by atoms with van der Waals surface area (Å²) >= 11 is 0. The number of nitrogens with one attached hydrogen (secondary N) is 1. The summed E-state index contributed by atoms with van der Waals surface area (Å²) in [6, 6.07) is 41.4. The van der Waals surface area contributed by atoms with Crippen LogP contribution in [0.1, 0.15) is 23.6 Å². The second-order valence-electron chi connectivity index (χ2n) is 8.90. The standard InChI is InChI=1S/C31H26NOP/c33-34(25-14-3-1-4-15-25,26-16-5-2-6-17-26)30-20-10-13-24-21-22-29(32-31(24)30)28-19-9-12-23-11-7-8-18-27(23)28/h1-20,29,32H,21-22H2. The average molecular weight is 460 g/mol. The van der Waals surface area contributed by atoms with Crippen LogP contribution in [0.3, 0.4) is 0 Å². The number of hydrogen-bond donors (Lipinski definition) is 1. The van der Waals surface area contributed by atoms with Gasteiger partial charge in [0.25, 0.3) is 0 Å². The first-order chi connectivity index (χ1) is 16.7. The molecule has 0 amide bonds. The van der Waals surface area contributed by atoms with E-state index in [2.05, 4.69) is 66.0 Å². The molecule has 1 heterocycles. The predicted octanol–water partition coefficient (Wildman–Crippen LogP) is 6.58.